The summed E-state index contributed by atoms with van der Waals surface area (Å²) in [6.07, 6.45) is 7.48. The molecule has 4 rings (SSSR count). The molecule has 1 spiro atoms. The van der Waals surface area contributed by atoms with Gasteiger partial charge in [0, 0.05) is 39.2 Å². The van der Waals surface area contributed by atoms with Gasteiger partial charge in [-0.3, -0.25) is 4.79 Å². The zero-order valence-corrected chi connectivity index (χ0v) is 17.1. The van der Waals surface area contributed by atoms with E-state index in [1.54, 1.807) is 19.0 Å². The van der Waals surface area contributed by atoms with E-state index in [1.165, 1.54) is 37.7 Å². The molecule has 1 unspecified atom stereocenters. The van der Waals surface area contributed by atoms with Crippen molar-refractivity contribution in [3.8, 4) is 5.75 Å². The molecule has 1 saturated heterocycles. The third-order valence-electron chi connectivity index (χ3n) is 6.53. The van der Waals surface area contributed by atoms with Gasteiger partial charge in [-0.2, -0.15) is 0 Å². The number of ether oxygens (including phenoxy) is 1. The van der Waals surface area contributed by atoms with Gasteiger partial charge in [0.2, 0.25) is 5.91 Å². The number of likely N-dealkylation sites (tertiary alicyclic amines) is 1. The fourth-order valence-corrected chi connectivity index (χ4v) is 4.82. The number of carbonyl (C=O) groups is 1. The van der Waals surface area contributed by atoms with Crippen LogP contribution in [0.5, 0.6) is 5.75 Å². The first-order chi connectivity index (χ1) is 13.6. The van der Waals surface area contributed by atoms with Crippen LogP contribution in [0.4, 0.5) is 0 Å². The predicted octanol–water partition coefficient (Wildman–Crippen LogP) is 2.81. The third-order valence-corrected chi connectivity index (χ3v) is 6.53. The Hall–Kier alpha value is -2.24. The molecular formula is C22H32N4O2. The van der Waals surface area contributed by atoms with Gasteiger partial charge >= 0.3 is 0 Å². The minimum absolute atomic E-state index is 0.0291. The van der Waals surface area contributed by atoms with E-state index in [9.17, 15) is 4.79 Å². The van der Waals surface area contributed by atoms with Crippen molar-refractivity contribution in [2.75, 3.05) is 40.3 Å². The van der Waals surface area contributed by atoms with E-state index in [-0.39, 0.29) is 18.5 Å². The van der Waals surface area contributed by atoms with Crippen LogP contribution in [0.15, 0.2) is 29.3 Å². The van der Waals surface area contributed by atoms with Gasteiger partial charge in [0.15, 0.2) is 5.96 Å². The molecule has 6 heteroatoms. The minimum Gasteiger partial charge on any atom is -0.493 e. The molecule has 1 N–H and O–H groups in total. The molecule has 1 amide bonds. The van der Waals surface area contributed by atoms with Gasteiger partial charge in [-0.1, -0.05) is 31.0 Å². The Labute approximate surface area is 167 Å². The third kappa shape index (κ3) is 3.96. The summed E-state index contributed by atoms with van der Waals surface area (Å²) in [7, 11) is 3.56. The van der Waals surface area contributed by atoms with Crippen LogP contribution in [0.25, 0.3) is 0 Å². The second-order valence-electron chi connectivity index (χ2n) is 8.68. The van der Waals surface area contributed by atoms with E-state index in [0.717, 1.165) is 31.2 Å². The van der Waals surface area contributed by atoms with Crippen molar-refractivity contribution in [2.24, 2.45) is 10.4 Å². The Kier molecular flexibility index (Phi) is 5.47. The molecule has 1 saturated carbocycles. The number of amides is 1. The van der Waals surface area contributed by atoms with E-state index >= 15 is 0 Å². The van der Waals surface area contributed by atoms with Crippen molar-refractivity contribution in [1.82, 2.24) is 15.1 Å². The van der Waals surface area contributed by atoms with E-state index in [1.807, 2.05) is 12.1 Å². The molecular weight excluding hydrogens is 352 g/mol. The Balaban J connectivity index is 1.54. The molecule has 152 valence electrons. The normalized spacial score (nSPS) is 23.4. The monoisotopic (exact) mass is 384 g/mol. The van der Waals surface area contributed by atoms with Gasteiger partial charge in [-0.25, -0.2) is 4.99 Å². The van der Waals surface area contributed by atoms with Crippen molar-refractivity contribution in [1.29, 1.82) is 0 Å². The Morgan fingerprint density at radius 2 is 2.07 bits per heavy atom. The average Bonchev–Trinajstić information content (AvgIpc) is 3.34. The molecule has 0 bridgehead atoms. The zero-order valence-electron chi connectivity index (χ0n) is 17.1. The maximum Gasteiger partial charge on any atom is 0.243 e. The molecule has 3 aliphatic rings. The molecule has 2 heterocycles. The fourth-order valence-electron chi connectivity index (χ4n) is 4.82. The Bertz CT molecular complexity index is 740. The van der Waals surface area contributed by atoms with Gasteiger partial charge < -0.3 is 19.9 Å². The average molecular weight is 385 g/mol. The van der Waals surface area contributed by atoms with E-state index in [2.05, 4.69) is 22.3 Å². The van der Waals surface area contributed by atoms with Crippen LogP contribution in [-0.2, 0) is 4.79 Å². The second-order valence-corrected chi connectivity index (χ2v) is 8.68. The number of para-hydroxylation sites is 1. The number of fused-ring (bicyclic) bond motifs is 1. The number of nitrogens with zero attached hydrogens (tertiary/aromatic N) is 3. The SMILES string of the molecule is CN(C)C(=O)CN=C(NC1CCOc2ccccc21)N1CCC2(CCCC2)C1. The highest BCUT2D eigenvalue weighted by Gasteiger charge is 2.41. The number of carbonyl (C=O) groups excluding carboxylic acids is 1. The smallest absolute Gasteiger partial charge is 0.243 e. The first kappa shape index (κ1) is 19.1. The molecule has 1 atom stereocenters. The lowest BCUT2D eigenvalue weighted by Crippen LogP contribution is -2.44. The highest BCUT2D eigenvalue weighted by Crippen LogP contribution is 2.45. The van der Waals surface area contributed by atoms with Gasteiger partial charge in [0.1, 0.15) is 12.3 Å². The zero-order chi connectivity index (χ0) is 19.6. The standard InChI is InChI=1S/C22H32N4O2/c1-25(2)20(27)15-23-21(26-13-12-22(16-26)10-5-6-11-22)24-18-9-14-28-19-8-4-3-7-17(18)19/h3-4,7-8,18H,5-6,9-16H2,1-2H3,(H,23,24). The molecule has 28 heavy (non-hydrogen) atoms. The number of hydrogen-bond acceptors (Lipinski definition) is 3. The molecule has 2 aliphatic heterocycles. The molecule has 0 aromatic heterocycles. The van der Waals surface area contributed by atoms with Crippen LogP contribution >= 0.6 is 0 Å². The van der Waals surface area contributed by atoms with Gasteiger partial charge in [-0.15, -0.1) is 0 Å². The summed E-state index contributed by atoms with van der Waals surface area (Å²) in [6, 6.07) is 8.38. The van der Waals surface area contributed by atoms with E-state index in [4.69, 9.17) is 9.73 Å². The van der Waals surface area contributed by atoms with Crippen LogP contribution in [0, 0.1) is 5.41 Å². The van der Waals surface area contributed by atoms with Gasteiger partial charge in [0.05, 0.1) is 12.6 Å². The minimum atomic E-state index is 0.0291. The quantitative estimate of drug-likeness (QED) is 0.643. The number of rotatable bonds is 3. The lowest BCUT2D eigenvalue weighted by atomic mass is 9.86. The highest BCUT2D eigenvalue weighted by molar-refractivity contribution is 5.85. The van der Waals surface area contributed by atoms with Crippen LogP contribution in [-0.4, -0.2) is 62.0 Å². The number of hydrogen-bond donors (Lipinski definition) is 1. The summed E-state index contributed by atoms with van der Waals surface area (Å²) in [6.45, 7) is 2.96. The molecule has 0 radical (unpaired) electrons. The topological polar surface area (TPSA) is 57.2 Å². The molecule has 2 fully saturated rings. The summed E-state index contributed by atoms with van der Waals surface area (Å²) in [5.74, 6) is 1.85. The van der Waals surface area contributed by atoms with E-state index in [0.29, 0.717) is 12.0 Å². The first-order valence-electron chi connectivity index (χ1n) is 10.5. The maximum atomic E-state index is 12.2. The maximum absolute atomic E-state index is 12.2. The number of benzene rings is 1. The lowest BCUT2D eigenvalue weighted by Gasteiger charge is -2.32. The van der Waals surface area contributed by atoms with Crippen molar-refractivity contribution in [3.05, 3.63) is 29.8 Å². The number of likely N-dealkylation sites (N-methyl/N-ethyl adjacent to an activating group) is 1. The van der Waals surface area contributed by atoms with Gasteiger partial charge in [0.25, 0.3) is 0 Å². The fraction of sp³-hybridized carbons (Fsp3) is 0.636. The Morgan fingerprint density at radius 1 is 1.29 bits per heavy atom. The lowest BCUT2D eigenvalue weighted by molar-refractivity contribution is -0.127. The van der Waals surface area contributed by atoms with Crippen LogP contribution < -0.4 is 10.1 Å². The van der Waals surface area contributed by atoms with Gasteiger partial charge in [-0.05, 0) is 30.7 Å². The van der Waals surface area contributed by atoms with E-state index < -0.39 is 0 Å². The number of aliphatic imine (C=N–C) groups is 1. The largest absolute Gasteiger partial charge is 0.493 e. The van der Waals surface area contributed by atoms with Crippen LogP contribution in [0.2, 0.25) is 0 Å². The van der Waals surface area contributed by atoms with Crippen molar-refractivity contribution < 1.29 is 9.53 Å². The molecule has 1 aromatic rings. The van der Waals surface area contributed by atoms with Crippen molar-refractivity contribution in [2.45, 2.75) is 44.6 Å². The summed E-state index contributed by atoms with van der Waals surface area (Å²) in [4.78, 5) is 20.9. The predicted molar refractivity (Wildman–Crippen MR) is 111 cm³/mol. The summed E-state index contributed by atoms with van der Waals surface area (Å²) < 4.78 is 5.81. The number of guanidine groups is 1. The highest BCUT2D eigenvalue weighted by atomic mass is 16.5. The van der Waals surface area contributed by atoms with Crippen molar-refractivity contribution >= 4 is 11.9 Å². The summed E-state index contributed by atoms with van der Waals surface area (Å²) in [5.41, 5.74) is 1.64. The van der Waals surface area contributed by atoms with Crippen LogP contribution in [0.3, 0.4) is 0 Å². The van der Waals surface area contributed by atoms with Crippen LogP contribution in [0.1, 0.15) is 50.1 Å². The number of nitrogens with one attached hydrogen (secondary N) is 1. The summed E-state index contributed by atoms with van der Waals surface area (Å²) in [5, 5.41) is 3.68. The van der Waals surface area contributed by atoms with Crippen molar-refractivity contribution in [3.63, 3.8) is 0 Å². The first-order valence-corrected chi connectivity index (χ1v) is 10.5. The summed E-state index contributed by atoms with van der Waals surface area (Å²) >= 11 is 0. The molecule has 6 nitrogen and oxygen atoms in total. The Morgan fingerprint density at radius 3 is 2.86 bits per heavy atom. The molecule has 1 aromatic carbocycles. The second kappa shape index (κ2) is 8.02. The molecule has 1 aliphatic carbocycles.